The van der Waals surface area contributed by atoms with Gasteiger partial charge in [-0.15, -0.1) is 0 Å². The van der Waals surface area contributed by atoms with Gasteiger partial charge >= 0.3 is 0 Å². The lowest BCUT2D eigenvalue weighted by atomic mass is 9.79. The van der Waals surface area contributed by atoms with Gasteiger partial charge in [-0.2, -0.15) is 5.10 Å². The van der Waals surface area contributed by atoms with Gasteiger partial charge in [0.2, 0.25) is 0 Å². The molecule has 0 bridgehead atoms. The zero-order valence-corrected chi connectivity index (χ0v) is 12.8. The Morgan fingerprint density at radius 1 is 1.47 bits per heavy atom. The highest BCUT2D eigenvalue weighted by atomic mass is 15.3. The van der Waals surface area contributed by atoms with Gasteiger partial charge in [-0.05, 0) is 17.8 Å². The molecule has 4 nitrogen and oxygen atoms in total. The average molecular weight is 264 g/mol. The number of hydrogen-bond donors (Lipinski definition) is 1. The summed E-state index contributed by atoms with van der Waals surface area (Å²) in [5.74, 6) is 0.639. The molecule has 0 amide bonds. The van der Waals surface area contributed by atoms with Crippen LogP contribution in [0.15, 0.2) is 12.4 Å². The number of nitrogens with zero attached hydrogens (tertiary/aromatic N) is 3. The molecule has 1 unspecified atom stereocenters. The van der Waals surface area contributed by atoms with E-state index in [1.807, 2.05) is 6.20 Å². The van der Waals surface area contributed by atoms with Gasteiger partial charge in [0.15, 0.2) is 0 Å². The molecule has 1 atom stereocenters. The van der Waals surface area contributed by atoms with Gasteiger partial charge in [0.25, 0.3) is 0 Å². The van der Waals surface area contributed by atoms with Crippen LogP contribution in [-0.4, -0.2) is 33.8 Å². The number of rotatable bonds is 4. The highest BCUT2D eigenvalue weighted by molar-refractivity contribution is 5.05. The number of likely N-dealkylation sites (tertiary alicyclic amines) is 1. The maximum atomic E-state index is 6.18. The summed E-state index contributed by atoms with van der Waals surface area (Å²) >= 11 is 0. The largest absolute Gasteiger partial charge is 0.327 e. The normalized spacial score (nSPS) is 24.0. The second-order valence-corrected chi connectivity index (χ2v) is 7.06. The topological polar surface area (TPSA) is 47.1 Å². The molecule has 1 saturated heterocycles. The van der Waals surface area contributed by atoms with Gasteiger partial charge < -0.3 is 5.73 Å². The molecule has 0 saturated carbocycles. The third-order valence-electron chi connectivity index (χ3n) is 4.04. The van der Waals surface area contributed by atoms with E-state index in [1.54, 1.807) is 0 Å². The van der Waals surface area contributed by atoms with Crippen molar-refractivity contribution in [3.8, 4) is 0 Å². The second kappa shape index (κ2) is 5.63. The van der Waals surface area contributed by atoms with Gasteiger partial charge in [-0.3, -0.25) is 9.58 Å². The summed E-state index contributed by atoms with van der Waals surface area (Å²) in [4.78, 5) is 2.50. The number of hydrogen-bond acceptors (Lipinski definition) is 3. The van der Waals surface area contributed by atoms with Crippen LogP contribution in [0.4, 0.5) is 0 Å². The minimum Gasteiger partial charge on any atom is -0.327 e. The first-order valence-corrected chi connectivity index (χ1v) is 7.36. The SMILES string of the molecule is CC(C)Cn1cc(CN2CCC(N)C(C)(C)C2)cn1. The van der Waals surface area contributed by atoms with Crippen molar-refractivity contribution in [1.29, 1.82) is 0 Å². The zero-order chi connectivity index (χ0) is 14.0. The molecule has 19 heavy (non-hydrogen) atoms. The predicted molar refractivity (Wildman–Crippen MR) is 78.7 cm³/mol. The van der Waals surface area contributed by atoms with Crippen LogP contribution in [0.2, 0.25) is 0 Å². The van der Waals surface area contributed by atoms with Crippen LogP contribution in [0.5, 0.6) is 0 Å². The highest BCUT2D eigenvalue weighted by Crippen LogP contribution is 2.28. The highest BCUT2D eigenvalue weighted by Gasteiger charge is 2.33. The predicted octanol–water partition coefficient (Wildman–Crippen LogP) is 2.10. The van der Waals surface area contributed by atoms with Crippen LogP contribution in [0, 0.1) is 11.3 Å². The minimum atomic E-state index is 0.214. The van der Waals surface area contributed by atoms with Gasteiger partial charge in [-0.25, -0.2) is 0 Å². The van der Waals surface area contributed by atoms with Gasteiger partial charge in [0, 0.05) is 44.0 Å². The summed E-state index contributed by atoms with van der Waals surface area (Å²) in [6, 6.07) is 0.326. The number of aromatic nitrogens is 2. The van der Waals surface area contributed by atoms with Crippen molar-refractivity contribution in [1.82, 2.24) is 14.7 Å². The smallest absolute Gasteiger partial charge is 0.0534 e. The van der Waals surface area contributed by atoms with Crippen molar-refractivity contribution in [2.45, 2.75) is 53.2 Å². The zero-order valence-electron chi connectivity index (χ0n) is 12.8. The summed E-state index contributed by atoms with van der Waals surface area (Å²) in [6.45, 7) is 13.1. The number of piperidine rings is 1. The van der Waals surface area contributed by atoms with E-state index in [4.69, 9.17) is 5.73 Å². The van der Waals surface area contributed by atoms with E-state index in [-0.39, 0.29) is 5.41 Å². The van der Waals surface area contributed by atoms with E-state index in [9.17, 15) is 0 Å². The van der Waals surface area contributed by atoms with Crippen LogP contribution in [0.1, 0.15) is 39.7 Å². The molecule has 0 radical (unpaired) electrons. The fourth-order valence-electron chi connectivity index (χ4n) is 2.84. The molecule has 1 fully saturated rings. The Kier molecular flexibility index (Phi) is 4.31. The van der Waals surface area contributed by atoms with Crippen LogP contribution in [0.25, 0.3) is 0 Å². The summed E-state index contributed by atoms with van der Waals surface area (Å²) in [6.07, 6.45) is 5.28. The molecule has 2 N–H and O–H groups in total. The molecule has 2 heterocycles. The van der Waals surface area contributed by atoms with Crippen LogP contribution in [-0.2, 0) is 13.1 Å². The fourth-order valence-corrected chi connectivity index (χ4v) is 2.84. The van der Waals surface area contributed by atoms with Crippen molar-refractivity contribution < 1.29 is 0 Å². The summed E-state index contributed by atoms with van der Waals surface area (Å²) < 4.78 is 2.06. The van der Waals surface area contributed by atoms with E-state index >= 15 is 0 Å². The van der Waals surface area contributed by atoms with Crippen molar-refractivity contribution in [2.75, 3.05) is 13.1 Å². The molecule has 1 aliphatic heterocycles. The minimum absolute atomic E-state index is 0.214. The van der Waals surface area contributed by atoms with E-state index in [0.717, 1.165) is 32.6 Å². The molecular weight excluding hydrogens is 236 g/mol. The van der Waals surface area contributed by atoms with Gasteiger partial charge in [0.05, 0.1) is 6.20 Å². The number of nitrogens with two attached hydrogens (primary N) is 1. The molecular formula is C15H28N4. The Labute approximate surface area is 117 Å². The van der Waals surface area contributed by atoms with Crippen LogP contribution >= 0.6 is 0 Å². The molecule has 0 aromatic carbocycles. The van der Waals surface area contributed by atoms with Gasteiger partial charge in [0.1, 0.15) is 0 Å². The molecule has 4 heteroatoms. The lowest BCUT2D eigenvalue weighted by Crippen LogP contribution is -2.51. The van der Waals surface area contributed by atoms with Crippen molar-refractivity contribution in [2.24, 2.45) is 17.1 Å². The van der Waals surface area contributed by atoms with Crippen molar-refractivity contribution >= 4 is 0 Å². The summed E-state index contributed by atoms with van der Waals surface area (Å²) in [5.41, 5.74) is 7.71. The Morgan fingerprint density at radius 2 is 2.21 bits per heavy atom. The van der Waals surface area contributed by atoms with E-state index < -0.39 is 0 Å². The van der Waals surface area contributed by atoms with Crippen molar-refractivity contribution in [3.63, 3.8) is 0 Å². The van der Waals surface area contributed by atoms with E-state index in [0.29, 0.717) is 12.0 Å². The quantitative estimate of drug-likeness (QED) is 0.906. The first kappa shape index (κ1) is 14.5. The summed E-state index contributed by atoms with van der Waals surface area (Å²) in [7, 11) is 0. The Morgan fingerprint density at radius 3 is 2.84 bits per heavy atom. The summed E-state index contributed by atoms with van der Waals surface area (Å²) in [5, 5.41) is 4.44. The van der Waals surface area contributed by atoms with Crippen molar-refractivity contribution in [3.05, 3.63) is 18.0 Å². The first-order chi connectivity index (χ1) is 8.87. The molecule has 1 aliphatic rings. The molecule has 2 rings (SSSR count). The Bertz CT molecular complexity index is 408. The third kappa shape index (κ3) is 3.80. The molecule has 0 aliphatic carbocycles. The average Bonchev–Trinajstić information content (AvgIpc) is 2.69. The van der Waals surface area contributed by atoms with Crippen LogP contribution < -0.4 is 5.73 Å². The molecule has 108 valence electrons. The lowest BCUT2D eigenvalue weighted by Gasteiger charge is -2.42. The first-order valence-electron chi connectivity index (χ1n) is 7.36. The van der Waals surface area contributed by atoms with E-state index in [1.165, 1.54) is 5.56 Å². The fraction of sp³-hybridized carbons (Fsp3) is 0.800. The monoisotopic (exact) mass is 264 g/mol. The maximum Gasteiger partial charge on any atom is 0.0534 e. The second-order valence-electron chi connectivity index (χ2n) is 7.06. The van der Waals surface area contributed by atoms with Gasteiger partial charge in [-0.1, -0.05) is 27.7 Å². The maximum absolute atomic E-state index is 6.18. The Balaban J connectivity index is 1.92. The lowest BCUT2D eigenvalue weighted by molar-refractivity contribution is 0.0898. The standard InChI is InChI=1S/C15H28N4/c1-12(2)8-19-10-13(7-17-19)9-18-6-5-14(16)15(3,4)11-18/h7,10,12,14H,5-6,8-9,11,16H2,1-4H3. The van der Waals surface area contributed by atoms with E-state index in [2.05, 4.69) is 48.6 Å². The third-order valence-corrected chi connectivity index (χ3v) is 4.04. The molecule has 1 aromatic rings. The Hall–Kier alpha value is -0.870. The molecule has 0 spiro atoms. The molecule has 1 aromatic heterocycles. The van der Waals surface area contributed by atoms with Crippen LogP contribution in [0.3, 0.4) is 0 Å².